The molecule has 3 aromatic heterocycles. The molecule has 0 aliphatic carbocycles. The summed E-state index contributed by atoms with van der Waals surface area (Å²) in [5, 5.41) is 15.3. The Labute approximate surface area is 189 Å². The number of nitrogens with zero attached hydrogens (tertiary/aromatic N) is 4. The lowest BCUT2D eigenvalue weighted by Crippen LogP contribution is -2.29. The second kappa shape index (κ2) is 8.27. The first kappa shape index (κ1) is 20.0. The highest BCUT2D eigenvalue weighted by Crippen LogP contribution is 2.40. The van der Waals surface area contributed by atoms with E-state index in [9.17, 15) is 10.1 Å². The molecule has 0 radical (unpaired) electrons. The second-order valence-electron chi connectivity index (χ2n) is 7.41. The van der Waals surface area contributed by atoms with E-state index in [-0.39, 0.29) is 17.8 Å². The Balaban J connectivity index is 1.61. The van der Waals surface area contributed by atoms with E-state index in [1.807, 2.05) is 59.3 Å². The number of nitro groups is 1. The minimum Gasteiger partial charge on any atom is -0.467 e. The Morgan fingerprint density at radius 1 is 1.12 bits per heavy atom. The Bertz CT molecular complexity index is 1260. The largest absolute Gasteiger partial charge is 0.467 e. The first-order valence-corrected chi connectivity index (χ1v) is 10.4. The van der Waals surface area contributed by atoms with Gasteiger partial charge >= 0.3 is 0 Å². The van der Waals surface area contributed by atoms with Crippen molar-refractivity contribution >= 4 is 23.0 Å². The van der Waals surface area contributed by atoms with Crippen LogP contribution >= 0.6 is 12.2 Å². The van der Waals surface area contributed by atoms with E-state index in [0.717, 1.165) is 17.1 Å². The molecule has 1 aliphatic heterocycles. The van der Waals surface area contributed by atoms with E-state index in [0.29, 0.717) is 17.3 Å². The van der Waals surface area contributed by atoms with Crippen LogP contribution in [0.1, 0.15) is 29.2 Å². The molecule has 4 heterocycles. The number of pyridine rings is 1. The topological polar surface area (TPSA) is 89.4 Å². The van der Waals surface area contributed by atoms with Gasteiger partial charge in [-0.2, -0.15) is 0 Å². The molecule has 5 rings (SSSR count). The number of benzene rings is 1. The quantitative estimate of drug-likeness (QED) is 0.265. The number of furan rings is 1. The van der Waals surface area contributed by atoms with Gasteiger partial charge in [-0.3, -0.25) is 15.1 Å². The summed E-state index contributed by atoms with van der Waals surface area (Å²) in [5.74, 6) is 0.786. The van der Waals surface area contributed by atoms with Crippen LogP contribution in [-0.4, -0.2) is 24.5 Å². The van der Waals surface area contributed by atoms with Crippen LogP contribution in [0.2, 0.25) is 0 Å². The number of hydrogen-bond acceptors (Lipinski definition) is 5. The Morgan fingerprint density at radius 2 is 2.03 bits per heavy atom. The maximum Gasteiger partial charge on any atom is 0.271 e. The van der Waals surface area contributed by atoms with E-state index in [4.69, 9.17) is 16.6 Å². The lowest BCUT2D eigenvalue weighted by molar-refractivity contribution is -0.384. The maximum absolute atomic E-state index is 11.3. The number of nitrogens with one attached hydrogen (secondary N) is 1. The van der Waals surface area contributed by atoms with Gasteiger partial charge in [-0.05, 0) is 54.7 Å². The third kappa shape index (κ3) is 3.63. The van der Waals surface area contributed by atoms with Gasteiger partial charge in [0.25, 0.3) is 5.69 Å². The van der Waals surface area contributed by atoms with Gasteiger partial charge in [-0.15, -0.1) is 0 Å². The van der Waals surface area contributed by atoms with Crippen LogP contribution in [0.5, 0.6) is 0 Å². The van der Waals surface area contributed by atoms with Gasteiger partial charge in [0.15, 0.2) is 5.11 Å². The van der Waals surface area contributed by atoms with Crippen molar-refractivity contribution in [2.75, 3.05) is 0 Å². The van der Waals surface area contributed by atoms with Gasteiger partial charge in [-0.25, -0.2) is 0 Å². The molecule has 1 aromatic carbocycles. The number of non-ortho nitro benzene ring substituents is 1. The van der Waals surface area contributed by atoms with Crippen molar-refractivity contribution in [3.63, 3.8) is 0 Å². The average molecular weight is 446 g/mol. The van der Waals surface area contributed by atoms with Crippen LogP contribution in [-0.2, 0) is 6.54 Å². The summed E-state index contributed by atoms with van der Waals surface area (Å²) in [6.07, 6.45) is 5.29. The fraction of sp³-hybridized carbons (Fsp3) is 0.130. The van der Waals surface area contributed by atoms with Crippen molar-refractivity contribution < 1.29 is 9.34 Å². The molecule has 32 heavy (non-hydrogen) atoms. The minimum absolute atomic E-state index is 0.0379. The van der Waals surface area contributed by atoms with Crippen LogP contribution in [0.15, 0.2) is 89.8 Å². The molecule has 1 fully saturated rings. The summed E-state index contributed by atoms with van der Waals surface area (Å²) in [5.41, 5.74) is 2.53. The monoisotopic (exact) mass is 445 g/mol. The first-order chi connectivity index (χ1) is 15.6. The molecule has 0 amide bonds. The van der Waals surface area contributed by atoms with Gasteiger partial charge in [0.1, 0.15) is 5.76 Å². The lowest BCUT2D eigenvalue weighted by Gasteiger charge is -2.28. The van der Waals surface area contributed by atoms with Gasteiger partial charge < -0.3 is 19.2 Å². The summed E-state index contributed by atoms with van der Waals surface area (Å²) in [7, 11) is 0. The number of aromatic nitrogens is 2. The molecule has 0 saturated carbocycles. The normalized spacial score (nSPS) is 18.0. The number of rotatable bonds is 6. The van der Waals surface area contributed by atoms with Crippen LogP contribution in [0.25, 0.3) is 5.69 Å². The van der Waals surface area contributed by atoms with Crippen molar-refractivity contribution in [3.8, 4) is 5.69 Å². The van der Waals surface area contributed by atoms with Crippen LogP contribution in [0.4, 0.5) is 5.69 Å². The van der Waals surface area contributed by atoms with Crippen molar-refractivity contribution in [1.29, 1.82) is 0 Å². The highest BCUT2D eigenvalue weighted by atomic mass is 32.1. The third-order valence-electron chi connectivity index (χ3n) is 5.51. The number of thiocarbonyl (C=S) groups is 1. The Hall–Kier alpha value is -3.98. The number of hydrogen-bond donors (Lipinski definition) is 1. The molecule has 1 N–H and O–H groups in total. The van der Waals surface area contributed by atoms with Crippen LogP contribution in [0, 0.1) is 10.1 Å². The number of nitro benzene ring substituents is 1. The van der Waals surface area contributed by atoms with Crippen molar-refractivity contribution in [3.05, 3.63) is 113 Å². The van der Waals surface area contributed by atoms with Gasteiger partial charge in [0.2, 0.25) is 0 Å². The zero-order valence-electron chi connectivity index (χ0n) is 16.9. The molecule has 2 atom stereocenters. The molecule has 9 heteroatoms. The van der Waals surface area contributed by atoms with E-state index >= 15 is 0 Å². The van der Waals surface area contributed by atoms with Crippen molar-refractivity contribution in [2.24, 2.45) is 0 Å². The molecule has 0 spiro atoms. The second-order valence-corrected chi connectivity index (χ2v) is 7.80. The van der Waals surface area contributed by atoms with Crippen LogP contribution in [0.3, 0.4) is 0 Å². The Morgan fingerprint density at radius 3 is 2.78 bits per heavy atom. The summed E-state index contributed by atoms with van der Waals surface area (Å²) in [6.45, 7) is 0.479. The molecule has 160 valence electrons. The predicted octanol–water partition coefficient (Wildman–Crippen LogP) is 4.55. The highest BCUT2D eigenvalue weighted by molar-refractivity contribution is 7.80. The molecule has 1 saturated heterocycles. The SMILES string of the molecule is O=[N+]([O-])c1cccc(-n2cccc2[C@@H]2[C@H](c3ccccn3)NC(=S)N2Cc2ccco2)c1. The predicted molar refractivity (Wildman–Crippen MR) is 122 cm³/mol. The van der Waals surface area contributed by atoms with Gasteiger partial charge in [0.05, 0.1) is 41.2 Å². The summed E-state index contributed by atoms with van der Waals surface area (Å²) in [4.78, 5) is 17.5. The van der Waals surface area contributed by atoms with E-state index in [1.165, 1.54) is 6.07 Å². The van der Waals surface area contributed by atoms with Crippen molar-refractivity contribution in [1.82, 2.24) is 19.8 Å². The van der Waals surface area contributed by atoms with E-state index in [2.05, 4.69) is 15.2 Å². The molecule has 4 aromatic rings. The molecule has 0 unspecified atom stereocenters. The average Bonchev–Trinajstić information content (AvgIpc) is 3.56. The maximum atomic E-state index is 11.3. The molecule has 1 aliphatic rings. The lowest BCUT2D eigenvalue weighted by atomic mass is 10.0. The molecular formula is C23H19N5O3S. The van der Waals surface area contributed by atoms with E-state index in [1.54, 1.807) is 24.6 Å². The summed E-state index contributed by atoms with van der Waals surface area (Å²) in [6, 6.07) is 19.6. The van der Waals surface area contributed by atoms with Gasteiger partial charge in [0, 0.05) is 30.2 Å². The van der Waals surface area contributed by atoms with Crippen molar-refractivity contribution in [2.45, 2.75) is 18.6 Å². The molecule has 0 bridgehead atoms. The zero-order valence-corrected chi connectivity index (χ0v) is 17.7. The Kier molecular flexibility index (Phi) is 5.16. The zero-order chi connectivity index (χ0) is 22.1. The summed E-state index contributed by atoms with van der Waals surface area (Å²) < 4.78 is 7.54. The van der Waals surface area contributed by atoms with Crippen LogP contribution < -0.4 is 5.32 Å². The third-order valence-corrected chi connectivity index (χ3v) is 5.86. The fourth-order valence-corrected chi connectivity index (χ4v) is 4.40. The molecule has 8 nitrogen and oxygen atoms in total. The molecular weight excluding hydrogens is 426 g/mol. The standard InChI is InChI=1S/C23H19N5O3S/c29-28(30)17-7-3-6-16(14-17)26-12-4-10-20(26)22-21(19-9-1-2-11-24-19)25-23(32)27(22)15-18-8-5-13-31-18/h1-14,21-22H,15H2,(H,25,32)/t21-,22+/m0/s1. The van der Waals surface area contributed by atoms with Gasteiger partial charge in [-0.1, -0.05) is 12.1 Å². The fourth-order valence-electron chi connectivity index (χ4n) is 4.09. The highest BCUT2D eigenvalue weighted by Gasteiger charge is 2.41. The first-order valence-electron chi connectivity index (χ1n) is 10.0. The van der Waals surface area contributed by atoms with E-state index < -0.39 is 4.92 Å². The smallest absolute Gasteiger partial charge is 0.271 e. The summed E-state index contributed by atoms with van der Waals surface area (Å²) >= 11 is 5.70. The minimum atomic E-state index is -0.390.